The highest BCUT2D eigenvalue weighted by molar-refractivity contribution is 6.04. The second kappa shape index (κ2) is 8.78. The fraction of sp³-hybridized carbons (Fsp3) is 0.167. The Morgan fingerprint density at radius 3 is 2.11 bits per heavy atom. The van der Waals surface area contributed by atoms with Crippen LogP contribution in [-0.4, -0.2) is 26.6 Å². The molecule has 0 bridgehead atoms. The lowest BCUT2D eigenvalue weighted by atomic mass is 9.87. The van der Waals surface area contributed by atoms with Gasteiger partial charge in [0.25, 0.3) is 5.56 Å². The Morgan fingerprint density at radius 2 is 1.46 bits per heavy atom. The van der Waals surface area contributed by atoms with Gasteiger partial charge in [-0.25, -0.2) is 9.47 Å². The number of rotatable bonds is 4. The maximum atomic E-state index is 13.7. The molecule has 7 nitrogen and oxygen atoms in total. The van der Waals surface area contributed by atoms with Gasteiger partial charge in [0, 0.05) is 32.0 Å². The van der Waals surface area contributed by atoms with Gasteiger partial charge in [-0.2, -0.15) is 5.10 Å². The van der Waals surface area contributed by atoms with E-state index < -0.39 is 0 Å². The Kier molecular flexibility index (Phi) is 5.41. The van der Waals surface area contributed by atoms with E-state index in [9.17, 15) is 9.59 Å². The predicted molar refractivity (Wildman–Crippen MR) is 146 cm³/mol. The lowest BCUT2D eigenvalue weighted by molar-refractivity contribution is 0.415. The molecule has 0 radical (unpaired) electrons. The van der Waals surface area contributed by atoms with Crippen molar-refractivity contribution in [3.05, 3.63) is 123 Å². The summed E-state index contributed by atoms with van der Waals surface area (Å²) in [7, 11) is 4.86. The maximum Gasteiger partial charge on any atom is 0.331 e. The molecule has 184 valence electrons. The van der Waals surface area contributed by atoms with E-state index in [-0.39, 0.29) is 17.2 Å². The molecule has 6 rings (SSSR count). The summed E-state index contributed by atoms with van der Waals surface area (Å²) >= 11 is 0. The average Bonchev–Trinajstić information content (AvgIpc) is 3.30. The zero-order valence-corrected chi connectivity index (χ0v) is 20.9. The molecule has 0 amide bonds. The van der Waals surface area contributed by atoms with E-state index in [1.165, 1.54) is 11.6 Å². The van der Waals surface area contributed by atoms with E-state index in [2.05, 4.69) is 24.3 Å². The van der Waals surface area contributed by atoms with Crippen molar-refractivity contribution in [2.75, 3.05) is 7.11 Å². The quantitative estimate of drug-likeness (QED) is 0.372. The minimum absolute atomic E-state index is 0.110. The number of ether oxygens (including phenoxy) is 1. The highest BCUT2D eigenvalue weighted by atomic mass is 16.5. The van der Waals surface area contributed by atoms with Gasteiger partial charge in [0.1, 0.15) is 5.75 Å². The molecule has 5 aromatic rings. The smallest absolute Gasteiger partial charge is 0.331 e. The second-order valence-electron chi connectivity index (χ2n) is 9.28. The number of aryl methyl sites for hydroxylation is 1. The van der Waals surface area contributed by atoms with Gasteiger partial charge in [-0.15, -0.1) is 0 Å². The molecular formula is C30H26N4O3. The number of benzene rings is 3. The Balaban J connectivity index is 1.79. The van der Waals surface area contributed by atoms with Crippen LogP contribution in [0.1, 0.15) is 29.2 Å². The molecule has 0 saturated heterocycles. The molecule has 0 spiro atoms. The van der Waals surface area contributed by atoms with Crippen LogP contribution < -0.4 is 16.0 Å². The molecule has 0 unspecified atom stereocenters. The Labute approximate surface area is 213 Å². The second-order valence-corrected chi connectivity index (χ2v) is 9.28. The third-order valence-electron chi connectivity index (χ3n) is 7.20. The minimum atomic E-state index is -0.364. The van der Waals surface area contributed by atoms with Crippen LogP contribution in [0.25, 0.3) is 22.2 Å². The third-order valence-corrected chi connectivity index (χ3v) is 7.20. The van der Waals surface area contributed by atoms with Gasteiger partial charge in [-0.05, 0) is 35.4 Å². The van der Waals surface area contributed by atoms with Crippen molar-refractivity contribution in [2.45, 2.75) is 12.3 Å². The molecule has 7 heteroatoms. The van der Waals surface area contributed by atoms with Gasteiger partial charge in [0.2, 0.25) is 0 Å². The van der Waals surface area contributed by atoms with Crippen molar-refractivity contribution >= 4 is 16.6 Å². The van der Waals surface area contributed by atoms with Crippen molar-refractivity contribution < 1.29 is 4.74 Å². The van der Waals surface area contributed by atoms with Crippen molar-refractivity contribution in [1.82, 2.24) is 13.8 Å². The zero-order chi connectivity index (χ0) is 25.7. The van der Waals surface area contributed by atoms with Crippen LogP contribution in [0.4, 0.5) is 0 Å². The van der Waals surface area contributed by atoms with Crippen LogP contribution >= 0.6 is 0 Å². The van der Waals surface area contributed by atoms with Crippen LogP contribution in [0.15, 0.2) is 99.6 Å². The van der Waals surface area contributed by atoms with Crippen LogP contribution in [-0.2, 0) is 14.1 Å². The number of hydrogen-bond donors (Lipinski definition) is 0. The number of hydrogen-bond acceptors (Lipinski definition) is 4. The molecule has 1 aliphatic heterocycles. The summed E-state index contributed by atoms with van der Waals surface area (Å²) in [5.74, 6) is 0.607. The van der Waals surface area contributed by atoms with Gasteiger partial charge in [-0.1, -0.05) is 60.7 Å². The van der Waals surface area contributed by atoms with Crippen molar-refractivity contribution in [2.24, 2.45) is 19.2 Å². The zero-order valence-electron chi connectivity index (χ0n) is 20.9. The lowest BCUT2D eigenvalue weighted by Gasteiger charge is -2.26. The van der Waals surface area contributed by atoms with Crippen molar-refractivity contribution in [1.29, 1.82) is 0 Å². The maximum absolute atomic E-state index is 13.7. The van der Waals surface area contributed by atoms with Gasteiger partial charge < -0.3 is 4.74 Å². The number of fused-ring (bicyclic) bond motifs is 3. The van der Waals surface area contributed by atoms with Crippen molar-refractivity contribution in [3.63, 3.8) is 0 Å². The van der Waals surface area contributed by atoms with Gasteiger partial charge >= 0.3 is 5.69 Å². The summed E-state index contributed by atoms with van der Waals surface area (Å²) in [5, 5.41) is 5.60. The van der Waals surface area contributed by atoms with E-state index in [1.807, 2.05) is 65.3 Å². The molecule has 3 aromatic carbocycles. The molecule has 2 aromatic heterocycles. The summed E-state index contributed by atoms with van der Waals surface area (Å²) in [5.41, 5.74) is 5.27. The normalized spacial score (nSPS) is 14.9. The van der Waals surface area contributed by atoms with Crippen LogP contribution in [0.2, 0.25) is 0 Å². The Hall–Kier alpha value is -4.65. The highest BCUT2D eigenvalue weighted by Gasteiger charge is 2.34. The standard InChI is InChI=1S/C30H26N4O3/c1-32-28-25(29(35)33(2)30(32)36)26(21-14-16-22(37-3)17-15-21)34-27(28)23(19-10-6-4-7-11-19)18-24(31-34)20-12-8-5-9-13-20/h4-17,23H,18H2,1-3H3/t23-/m1/s1. The van der Waals surface area contributed by atoms with Gasteiger partial charge in [-0.3, -0.25) is 13.9 Å². The molecule has 1 aliphatic rings. The molecule has 3 heterocycles. The van der Waals surface area contributed by atoms with Crippen LogP contribution in [0.5, 0.6) is 5.75 Å². The van der Waals surface area contributed by atoms with Crippen LogP contribution in [0, 0.1) is 0 Å². The minimum Gasteiger partial charge on any atom is -0.497 e. The van der Waals surface area contributed by atoms with Gasteiger partial charge in [0.05, 0.1) is 35.1 Å². The SMILES string of the molecule is COc1ccc(-c2c3c(=O)n(C)c(=O)n(C)c3c3n2N=C(c2ccccc2)C[C@@H]3c2ccccc2)cc1. The molecule has 0 N–H and O–H groups in total. The number of methoxy groups -OCH3 is 1. The lowest BCUT2D eigenvalue weighted by Crippen LogP contribution is -2.37. The molecule has 0 aliphatic carbocycles. The fourth-order valence-electron chi connectivity index (χ4n) is 5.33. The average molecular weight is 491 g/mol. The third kappa shape index (κ3) is 3.54. The van der Waals surface area contributed by atoms with E-state index in [4.69, 9.17) is 9.84 Å². The van der Waals surface area contributed by atoms with E-state index >= 15 is 0 Å². The Bertz CT molecular complexity index is 1780. The molecule has 1 atom stereocenters. The summed E-state index contributed by atoms with van der Waals surface area (Å²) in [6.07, 6.45) is 0.637. The Morgan fingerprint density at radius 1 is 0.811 bits per heavy atom. The highest BCUT2D eigenvalue weighted by Crippen LogP contribution is 2.42. The predicted octanol–water partition coefficient (Wildman–Crippen LogP) is 4.50. The summed E-state index contributed by atoms with van der Waals surface area (Å²) < 4.78 is 10.00. The van der Waals surface area contributed by atoms with E-state index in [0.717, 1.165) is 33.8 Å². The van der Waals surface area contributed by atoms with Gasteiger partial charge in [0.15, 0.2) is 0 Å². The van der Waals surface area contributed by atoms with E-state index in [1.54, 1.807) is 18.7 Å². The number of aromatic nitrogens is 3. The van der Waals surface area contributed by atoms with E-state index in [0.29, 0.717) is 23.0 Å². The fourth-order valence-corrected chi connectivity index (χ4v) is 5.33. The largest absolute Gasteiger partial charge is 0.497 e. The molecular weight excluding hydrogens is 464 g/mol. The monoisotopic (exact) mass is 490 g/mol. The number of nitrogens with zero attached hydrogens (tertiary/aromatic N) is 4. The van der Waals surface area contributed by atoms with Crippen LogP contribution in [0.3, 0.4) is 0 Å². The first-order valence-electron chi connectivity index (χ1n) is 12.2. The summed E-state index contributed by atoms with van der Waals surface area (Å²) in [4.78, 5) is 26.8. The molecule has 37 heavy (non-hydrogen) atoms. The first-order chi connectivity index (χ1) is 18.0. The topological polar surface area (TPSA) is 70.5 Å². The molecule has 0 fully saturated rings. The summed E-state index contributed by atoms with van der Waals surface area (Å²) in [6.45, 7) is 0. The first-order valence-corrected chi connectivity index (χ1v) is 12.2. The molecule has 0 saturated carbocycles. The van der Waals surface area contributed by atoms with Crippen molar-refractivity contribution in [3.8, 4) is 17.0 Å². The summed E-state index contributed by atoms with van der Waals surface area (Å²) in [6, 6.07) is 27.9. The first kappa shape index (κ1) is 22.8.